The van der Waals surface area contributed by atoms with Gasteiger partial charge in [0.25, 0.3) is 5.91 Å². The molecule has 0 aliphatic carbocycles. The highest BCUT2D eigenvalue weighted by molar-refractivity contribution is 7.21. The van der Waals surface area contributed by atoms with E-state index < -0.39 is 11.8 Å². The van der Waals surface area contributed by atoms with Gasteiger partial charge in [-0.1, -0.05) is 18.2 Å². The number of carbonyl (C=O) groups is 2. The van der Waals surface area contributed by atoms with E-state index in [0.29, 0.717) is 49.5 Å². The first-order valence-electron chi connectivity index (χ1n) is 13.6. The molecule has 2 aliphatic rings. The van der Waals surface area contributed by atoms with E-state index >= 15 is 0 Å². The number of morpholine rings is 1. The summed E-state index contributed by atoms with van der Waals surface area (Å²) < 4.78 is 24.7. The molecule has 2 aromatic heterocycles. The van der Waals surface area contributed by atoms with Gasteiger partial charge in [-0.25, -0.2) is 24.1 Å². The predicted molar refractivity (Wildman–Crippen MR) is 162 cm³/mol. The summed E-state index contributed by atoms with van der Waals surface area (Å²) in [5.74, 6) is 0.453. The third-order valence-electron chi connectivity index (χ3n) is 7.17. The fourth-order valence-electron chi connectivity index (χ4n) is 5.09. The molecule has 12 heteroatoms. The van der Waals surface area contributed by atoms with Gasteiger partial charge < -0.3 is 20.1 Å². The van der Waals surface area contributed by atoms with Gasteiger partial charge in [-0.2, -0.15) is 0 Å². The molecule has 0 atom stereocenters. The van der Waals surface area contributed by atoms with Crippen LogP contribution in [0.4, 0.5) is 32.1 Å². The van der Waals surface area contributed by atoms with Crippen LogP contribution in [0.5, 0.6) is 11.5 Å². The van der Waals surface area contributed by atoms with Crippen molar-refractivity contribution in [2.75, 3.05) is 41.8 Å². The highest BCUT2D eigenvalue weighted by atomic mass is 32.1. The zero-order valence-corrected chi connectivity index (χ0v) is 23.6. The summed E-state index contributed by atoms with van der Waals surface area (Å²) in [4.78, 5) is 40.2. The highest BCUT2D eigenvalue weighted by Gasteiger charge is 2.34. The second-order valence-electron chi connectivity index (χ2n) is 10.0. The number of hydrogen-bond donors (Lipinski definition) is 2. The summed E-state index contributed by atoms with van der Waals surface area (Å²) in [5.41, 5.74) is 2.71. The number of amides is 3. The molecule has 1 saturated heterocycles. The lowest BCUT2D eigenvalue weighted by atomic mass is 10.1. The van der Waals surface area contributed by atoms with Crippen LogP contribution < -0.4 is 20.3 Å². The van der Waals surface area contributed by atoms with Crippen LogP contribution in [0.15, 0.2) is 79.1 Å². The van der Waals surface area contributed by atoms with Crippen LogP contribution in [0.1, 0.15) is 15.2 Å². The Morgan fingerprint density at radius 1 is 1.02 bits per heavy atom. The fourth-order valence-corrected chi connectivity index (χ4v) is 6.08. The monoisotopic (exact) mass is 596 g/mol. The van der Waals surface area contributed by atoms with E-state index in [1.165, 1.54) is 34.7 Å². The molecule has 0 unspecified atom stereocenters. The predicted octanol–water partition coefficient (Wildman–Crippen LogP) is 6.39. The third kappa shape index (κ3) is 5.50. The number of rotatable bonds is 7. The minimum Gasteiger partial charge on any atom is -0.457 e. The van der Waals surface area contributed by atoms with Gasteiger partial charge in [-0.3, -0.25) is 9.69 Å². The maximum atomic E-state index is 13.5. The van der Waals surface area contributed by atoms with Crippen molar-refractivity contribution in [1.29, 1.82) is 0 Å². The first-order valence-corrected chi connectivity index (χ1v) is 14.5. The molecule has 7 rings (SSSR count). The van der Waals surface area contributed by atoms with Gasteiger partial charge in [0.15, 0.2) is 5.82 Å². The maximum absolute atomic E-state index is 13.5. The smallest absolute Gasteiger partial charge is 0.332 e. The maximum Gasteiger partial charge on any atom is 0.332 e. The van der Waals surface area contributed by atoms with Crippen LogP contribution in [0, 0.1) is 5.82 Å². The van der Waals surface area contributed by atoms with Gasteiger partial charge in [-0.05, 0) is 54.1 Å². The summed E-state index contributed by atoms with van der Waals surface area (Å²) in [6, 6.07) is 19.9. The van der Waals surface area contributed by atoms with Crippen molar-refractivity contribution in [1.82, 2.24) is 14.9 Å². The van der Waals surface area contributed by atoms with E-state index in [1.54, 1.807) is 36.4 Å². The molecule has 0 radical (unpaired) electrons. The van der Waals surface area contributed by atoms with Crippen molar-refractivity contribution in [3.63, 3.8) is 0 Å². The molecule has 2 N–H and O–H groups in total. The Morgan fingerprint density at radius 3 is 2.58 bits per heavy atom. The van der Waals surface area contributed by atoms with Crippen LogP contribution >= 0.6 is 11.3 Å². The minimum absolute atomic E-state index is 0.334. The van der Waals surface area contributed by atoms with Gasteiger partial charge in [-0.15, -0.1) is 11.3 Å². The number of halogens is 1. The molecule has 2 aliphatic heterocycles. The quantitative estimate of drug-likeness (QED) is 0.224. The summed E-state index contributed by atoms with van der Waals surface area (Å²) in [6.07, 6.45) is 1.37. The summed E-state index contributed by atoms with van der Waals surface area (Å²) in [5, 5.41) is 6.40. The molecule has 0 bridgehead atoms. The average molecular weight is 597 g/mol. The zero-order valence-electron chi connectivity index (χ0n) is 22.7. The highest BCUT2D eigenvalue weighted by Crippen LogP contribution is 2.45. The van der Waals surface area contributed by atoms with E-state index in [-0.39, 0.29) is 5.91 Å². The number of carbonyl (C=O) groups excluding carboxylic acids is 2. The van der Waals surface area contributed by atoms with Gasteiger partial charge in [0.05, 0.1) is 30.0 Å². The number of nitrogens with one attached hydrogen (secondary N) is 2. The molecule has 216 valence electrons. The number of aromatic nitrogens is 2. The van der Waals surface area contributed by atoms with Crippen molar-refractivity contribution in [3.8, 4) is 11.5 Å². The lowest BCUT2D eigenvalue weighted by Crippen LogP contribution is -2.35. The molecule has 3 amide bonds. The van der Waals surface area contributed by atoms with E-state index in [9.17, 15) is 14.0 Å². The molecular formula is C31H25FN6O4S. The van der Waals surface area contributed by atoms with E-state index in [2.05, 4.69) is 25.5 Å². The number of benzene rings is 3. The Bertz CT molecular complexity index is 1820. The Hall–Kier alpha value is -4.91. The van der Waals surface area contributed by atoms with E-state index in [4.69, 9.17) is 9.47 Å². The van der Waals surface area contributed by atoms with Crippen molar-refractivity contribution in [3.05, 3.63) is 95.4 Å². The normalized spacial score (nSPS) is 14.9. The topological polar surface area (TPSA) is 109 Å². The number of urea groups is 1. The fraction of sp³-hybridized carbons (Fsp3) is 0.161. The van der Waals surface area contributed by atoms with E-state index in [1.807, 2.05) is 24.3 Å². The molecule has 1 fully saturated rings. The molecule has 5 aromatic rings. The first-order chi connectivity index (χ1) is 21.0. The van der Waals surface area contributed by atoms with Crippen molar-refractivity contribution in [2.45, 2.75) is 6.54 Å². The molecule has 4 heterocycles. The van der Waals surface area contributed by atoms with Gasteiger partial charge in [0.2, 0.25) is 0 Å². The van der Waals surface area contributed by atoms with Crippen molar-refractivity contribution in [2.24, 2.45) is 0 Å². The lowest BCUT2D eigenvalue weighted by Gasteiger charge is -2.27. The van der Waals surface area contributed by atoms with Crippen molar-refractivity contribution < 1.29 is 23.5 Å². The average Bonchev–Trinajstić information content (AvgIpc) is 3.39. The van der Waals surface area contributed by atoms with Gasteiger partial charge >= 0.3 is 6.03 Å². The Kier molecular flexibility index (Phi) is 7.15. The van der Waals surface area contributed by atoms with Crippen LogP contribution in [0.2, 0.25) is 0 Å². The summed E-state index contributed by atoms with van der Waals surface area (Å²) >= 11 is 1.19. The van der Waals surface area contributed by atoms with E-state index in [0.717, 1.165) is 38.4 Å². The number of thiophene rings is 1. The second kappa shape index (κ2) is 11.4. The van der Waals surface area contributed by atoms with Gasteiger partial charge in [0, 0.05) is 31.4 Å². The van der Waals surface area contributed by atoms with Crippen LogP contribution in [-0.2, 0) is 11.3 Å². The largest absolute Gasteiger partial charge is 0.457 e. The third-order valence-corrected chi connectivity index (χ3v) is 8.27. The standard InChI is InChI=1S/C31H25FN6O4S/c32-20-2-1-3-24(16-20)42-23-10-8-22(9-11-23)38-28-25-26(36-31(38)40)27(43-30(25)34-18-33-28)29(39)35-21-6-4-19(5-7-21)17-37-12-14-41-15-13-37/h1-11,16,18H,12-15,17H2,(H,35,39)(H,36,40). The van der Waals surface area contributed by atoms with Crippen LogP contribution in [0.25, 0.3) is 10.2 Å². The Labute approximate surface area is 249 Å². The number of hydrogen-bond acceptors (Lipinski definition) is 8. The minimum atomic E-state index is -0.466. The number of anilines is 4. The Morgan fingerprint density at radius 2 is 1.81 bits per heavy atom. The number of nitrogens with zero attached hydrogens (tertiary/aromatic N) is 4. The second-order valence-corrected chi connectivity index (χ2v) is 11.0. The van der Waals surface area contributed by atoms with Crippen molar-refractivity contribution >= 4 is 56.4 Å². The Balaban J connectivity index is 1.11. The number of ether oxygens (including phenoxy) is 2. The molecule has 10 nitrogen and oxygen atoms in total. The SMILES string of the molecule is O=C(Nc1ccc(CN2CCOCC2)cc1)c1sc2ncnc3c2c1NC(=O)N3c1ccc(Oc2cccc(F)c2)cc1. The molecular weight excluding hydrogens is 571 g/mol. The molecule has 0 saturated carbocycles. The van der Waals surface area contributed by atoms with Crippen LogP contribution in [0.3, 0.4) is 0 Å². The molecule has 0 spiro atoms. The zero-order chi connectivity index (χ0) is 29.3. The van der Waals surface area contributed by atoms with Crippen LogP contribution in [-0.4, -0.2) is 53.1 Å². The lowest BCUT2D eigenvalue weighted by molar-refractivity contribution is 0.0342. The molecule has 43 heavy (non-hydrogen) atoms. The first kappa shape index (κ1) is 27.0. The molecule has 3 aromatic carbocycles. The summed E-state index contributed by atoms with van der Waals surface area (Å²) in [7, 11) is 0. The van der Waals surface area contributed by atoms with Gasteiger partial charge in [0.1, 0.15) is 33.4 Å². The summed E-state index contributed by atoms with van der Waals surface area (Å²) in [6.45, 7) is 4.11.